The Morgan fingerprint density at radius 3 is 2.39 bits per heavy atom. The van der Waals surface area contributed by atoms with E-state index in [4.69, 9.17) is 16.7 Å². The molecule has 10 heteroatoms. The Kier molecular flexibility index (Phi) is 5.39. The molecule has 0 aliphatic carbocycles. The molecule has 0 saturated carbocycles. The van der Waals surface area contributed by atoms with Crippen LogP contribution < -0.4 is 5.32 Å². The van der Waals surface area contributed by atoms with Crippen molar-refractivity contribution in [2.75, 3.05) is 5.32 Å². The minimum Gasteiger partial charge on any atom is -0.478 e. The van der Waals surface area contributed by atoms with E-state index in [1.807, 2.05) is 0 Å². The summed E-state index contributed by atoms with van der Waals surface area (Å²) in [6, 6.07) is 11.7. The fourth-order valence-corrected chi connectivity index (χ4v) is 3.51. The van der Waals surface area contributed by atoms with Crippen LogP contribution in [0.4, 0.5) is 18.9 Å². The Morgan fingerprint density at radius 1 is 1.11 bits per heavy atom. The van der Waals surface area contributed by atoms with Crippen molar-refractivity contribution < 1.29 is 27.9 Å². The van der Waals surface area contributed by atoms with Crippen molar-refractivity contribution in [2.24, 2.45) is 0 Å². The van der Waals surface area contributed by atoms with E-state index in [-0.39, 0.29) is 21.3 Å². The van der Waals surface area contributed by atoms with Crippen molar-refractivity contribution in [1.82, 2.24) is 4.98 Å². The Morgan fingerprint density at radius 2 is 1.79 bits per heavy atom. The number of hydrogen-bond donors (Lipinski definition) is 2. The number of benzene rings is 2. The Balaban J connectivity index is 1.98. The van der Waals surface area contributed by atoms with Gasteiger partial charge in [0.25, 0.3) is 5.91 Å². The molecule has 0 fully saturated rings. The number of carboxylic acids is 1. The van der Waals surface area contributed by atoms with Crippen molar-refractivity contribution in [1.29, 1.82) is 0 Å². The molecule has 0 atom stereocenters. The number of rotatable bonds is 4. The van der Waals surface area contributed by atoms with Crippen LogP contribution in [0.15, 0.2) is 48.5 Å². The highest BCUT2D eigenvalue weighted by molar-refractivity contribution is 7.17. The molecule has 2 N–H and O–H groups in total. The zero-order valence-electron chi connectivity index (χ0n) is 13.7. The predicted octanol–water partition coefficient (Wildman–Crippen LogP) is 5.43. The molecule has 1 aromatic heterocycles. The Bertz CT molecular complexity index is 1050. The van der Waals surface area contributed by atoms with Gasteiger partial charge in [0, 0.05) is 11.3 Å². The number of amides is 1. The van der Waals surface area contributed by atoms with Crippen LogP contribution in [0, 0.1) is 0 Å². The highest BCUT2D eigenvalue weighted by Crippen LogP contribution is 2.38. The maximum atomic E-state index is 13.4. The van der Waals surface area contributed by atoms with Crippen LogP contribution in [0.5, 0.6) is 0 Å². The molecule has 3 aromatic rings. The second-order valence-corrected chi connectivity index (χ2v) is 6.92. The summed E-state index contributed by atoms with van der Waals surface area (Å²) in [7, 11) is 0. The molecule has 0 aliphatic heterocycles. The molecular formula is C18H10ClF3N2O3S. The van der Waals surface area contributed by atoms with Crippen molar-refractivity contribution in [3.63, 3.8) is 0 Å². The largest absolute Gasteiger partial charge is 0.478 e. The minimum atomic E-state index is -4.83. The van der Waals surface area contributed by atoms with Crippen molar-refractivity contribution >= 4 is 40.5 Å². The predicted molar refractivity (Wildman–Crippen MR) is 98.9 cm³/mol. The van der Waals surface area contributed by atoms with Gasteiger partial charge in [-0.15, -0.1) is 11.3 Å². The molecule has 0 saturated heterocycles. The zero-order chi connectivity index (χ0) is 20.5. The van der Waals surface area contributed by atoms with Gasteiger partial charge in [-0.3, -0.25) is 4.79 Å². The normalized spacial score (nSPS) is 11.3. The summed E-state index contributed by atoms with van der Waals surface area (Å²) in [5, 5.41) is 11.3. The van der Waals surface area contributed by atoms with Gasteiger partial charge >= 0.3 is 12.1 Å². The average molecular weight is 427 g/mol. The lowest BCUT2D eigenvalue weighted by Crippen LogP contribution is -2.17. The molecular weight excluding hydrogens is 417 g/mol. The van der Waals surface area contributed by atoms with Gasteiger partial charge in [-0.2, -0.15) is 13.2 Å². The minimum absolute atomic E-state index is 0.00501. The lowest BCUT2D eigenvalue weighted by molar-refractivity contribution is -0.141. The van der Waals surface area contributed by atoms with E-state index >= 15 is 0 Å². The molecule has 144 valence electrons. The van der Waals surface area contributed by atoms with Gasteiger partial charge in [0.2, 0.25) is 0 Å². The van der Waals surface area contributed by atoms with E-state index in [0.29, 0.717) is 16.9 Å². The van der Waals surface area contributed by atoms with E-state index in [2.05, 4.69) is 10.3 Å². The molecule has 3 rings (SSSR count). The standard InChI is InChI=1S/C18H10ClF3N2O3S/c19-12-7-6-10(8-11(12)17(26)27)23-15(25)13-14(18(20,21)22)24-16(28-13)9-4-2-1-3-5-9/h1-8H,(H,23,25)(H,26,27). The fourth-order valence-electron chi connectivity index (χ4n) is 2.33. The molecule has 1 amide bonds. The van der Waals surface area contributed by atoms with Gasteiger partial charge in [0.1, 0.15) is 9.88 Å². The summed E-state index contributed by atoms with van der Waals surface area (Å²) in [5.74, 6) is -2.38. The number of hydrogen-bond acceptors (Lipinski definition) is 4. The highest BCUT2D eigenvalue weighted by atomic mass is 35.5. The van der Waals surface area contributed by atoms with Crippen LogP contribution in [0.2, 0.25) is 5.02 Å². The number of aromatic nitrogens is 1. The SMILES string of the molecule is O=C(O)c1cc(NC(=O)c2sc(-c3ccccc3)nc2C(F)(F)F)ccc1Cl. The van der Waals surface area contributed by atoms with E-state index in [1.54, 1.807) is 30.3 Å². The van der Waals surface area contributed by atoms with Crippen molar-refractivity contribution in [3.05, 3.63) is 69.7 Å². The zero-order valence-corrected chi connectivity index (χ0v) is 15.3. The summed E-state index contributed by atoms with van der Waals surface area (Å²) in [6.45, 7) is 0. The van der Waals surface area contributed by atoms with E-state index < -0.39 is 28.6 Å². The average Bonchev–Trinajstić information content (AvgIpc) is 3.10. The molecule has 0 spiro atoms. The maximum Gasteiger partial charge on any atom is 0.435 e. The number of anilines is 1. The number of nitrogens with one attached hydrogen (secondary N) is 1. The summed E-state index contributed by atoms with van der Waals surface area (Å²) in [6.07, 6.45) is -4.83. The lowest BCUT2D eigenvalue weighted by Gasteiger charge is -2.08. The molecule has 0 unspecified atom stereocenters. The topological polar surface area (TPSA) is 79.3 Å². The Hall–Kier alpha value is -2.91. The monoisotopic (exact) mass is 426 g/mol. The first-order chi connectivity index (χ1) is 13.2. The van der Waals surface area contributed by atoms with Gasteiger partial charge in [0.05, 0.1) is 10.6 Å². The van der Waals surface area contributed by atoms with Crippen LogP contribution in [-0.2, 0) is 6.18 Å². The van der Waals surface area contributed by atoms with Crippen LogP contribution in [-0.4, -0.2) is 22.0 Å². The van der Waals surface area contributed by atoms with Gasteiger partial charge in [-0.25, -0.2) is 9.78 Å². The number of carboxylic acid groups (broad SMARTS) is 1. The first-order valence-electron chi connectivity index (χ1n) is 7.64. The van der Waals surface area contributed by atoms with Crippen LogP contribution in [0.1, 0.15) is 25.7 Å². The molecule has 5 nitrogen and oxygen atoms in total. The second kappa shape index (κ2) is 7.61. The summed E-state index contributed by atoms with van der Waals surface area (Å²) in [4.78, 5) is 26.6. The number of alkyl halides is 3. The van der Waals surface area contributed by atoms with Gasteiger partial charge in [-0.1, -0.05) is 41.9 Å². The van der Waals surface area contributed by atoms with Crippen LogP contribution in [0.3, 0.4) is 0 Å². The third-order valence-corrected chi connectivity index (χ3v) is 5.01. The summed E-state index contributed by atoms with van der Waals surface area (Å²) < 4.78 is 40.1. The van der Waals surface area contributed by atoms with Crippen LogP contribution >= 0.6 is 22.9 Å². The van der Waals surface area contributed by atoms with Gasteiger partial charge < -0.3 is 10.4 Å². The quantitative estimate of drug-likeness (QED) is 0.582. The van der Waals surface area contributed by atoms with E-state index in [1.165, 1.54) is 12.1 Å². The number of thiazole rings is 1. The number of aromatic carboxylic acids is 1. The highest BCUT2D eigenvalue weighted by Gasteiger charge is 2.39. The third-order valence-electron chi connectivity index (χ3n) is 3.58. The van der Waals surface area contributed by atoms with E-state index in [9.17, 15) is 22.8 Å². The van der Waals surface area contributed by atoms with Crippen LogP contribution in [0.25, 0.3) is 10.6 Å². The maximum absolute atomic E-state index is 13.4. The number of nitrogens with zero attached hydrogens (tertiary/aromatic N) is 1. The lowest BCUT2D eigenvalue weighted by atomic mass is 10.2. The first kappa shape index (κ1) is 19.8. The molecule has 0 aliphatic rings. The molecule has 1 heterocycles. The smallest absolute Gasteiger partial charge is 0.435 e. The molecule has 0 radical (unpaired) electrons. The second-order valence-electron chi connectivity index (χ2n) is 5.51. The van der Waals surface area contributed by atoms with Crippen molar-refractivity contribution in [3.8, 4) is 10.6 Å². The number of halogens is 4. The molecule has 28 heavy (non-hydrogen) atoms. The molecule has 0 bridgehead atoms. The van der Waals surface area contributed by atoms with Crippen molar-refractivity contribution in [2.45, 2.75) is 6.18 Å². The van der Waals surface area contributed by atoms with E-state index in [0.717, 1.165) is 6.07 Å². The molecule has 2 aromatic carbocycles. The first-order valence-corrected chi connectivity index (χ1v) is 8.84. The summed E-state index contributed by atoms with van der Waals surface area (Å²) in [5.41, 5.74) is -1.16. The van der Waals surface area contributed by atoms with Gasteiger partial charge in [-0.05, 0) is 18.2 Å². The number of carbonyl (C=O) groups is 2. The Labute approximate surface area is 165 Å². The fraction of sp³-hybridized carbons (Fsp3) is 0.0556. The summed E-state index contributed by atoms with van der Waals surface area (Å²) >= 11 is 6.35. The van der Waals surface area contributed by atoms with Gasteiger partial charge in [0.15, 0.2) is 5.69 Å². The number of carbonyl (C=O) groups excluding carboxylic acids is 1. The third kappa shape index (κ3) is 4.15.